The van der Waals surface area contributed by atoms with E-state index in [0.29, 0.717) is 40.7 Å². The van der Waals surface area contributed by atoms with Gasteiger partial charge in [0.2, 0.25) is 0 Å². The second kappa shape index (κ2) is 11.6. The minimum absolute atomic E-state index is 0.105. The Balaban J connectivity index is 1.93. The van der Waals surface area contributed by atoms with Crippen molar-refractivity contribution in [1.82, 2.24) is 4.98 Å². The molecule has 1 N–H and O–H groups in total. The summed E-state index contributed by atoms with van der Waals surface area (Å²) in [4.78, 5) is 45.0. The van der Waals surface area contributed by atoms with E-state index in [2.05, 4.69) is 4.98 Å². The maximum Gasteiger partial charge on any atom is 0.350 e. The molecule has 1 amide bonds. The maximum absolute atomic E-state index is 13.5. The molecule has 1 saturated heterocycles. The number of aliphatic hydroxyl groups excluding tert-OH is 1. The second-order valence-electron chi connectivity index (χ2n) is 8.56. The molecular weight excluding hydrogens is 524 g/mol. The molecule has 0 aliphatic carbocycles. The maximum atomic E-state index is 13.5. The van der Waals surface area contributed by atoms with Gasteiger partial charge in [0.15, 0.2) is 16.6 Å². The number of carbonyl (C=O) groups is 3. The van der Waals surface area contributed by atoms with Crippen LogP contribution in [0.5, 0.6) is 17.2 Å². The second-order valence-corrected chi connectivity index (χ2v) is 9.54. The summed E-state index contributed by atoms with van der Waals surface area (Å²) in [7, 11) is 4.20. The monoisotopic (exact) mass is 552 g/mol. The number of nitrogens with zero attached hydrogens (tertiary/aromatic N) is 2. The number of ketones is 1. The van der Waals surface area contributed by atoms with Crippen LogP contribution >= 0.6 is 11.3 Å². The van der Waals surface area contributed by atoms with Crippen LogP contribution in [0.2, 0.25) is 0 Å². The van der Waals surface area contributed by atoms with Crippen molar-refractivity contribution in [3.8, 4) is 17.2 Å². The van der Waals surface area contributed by atoms with Crippen molar-refractivity contribution < 1.29 is 38.4 Å². The van der Waals surface area contributed by atoms with E-state index in [-0.39, 0.29) is 21.3 Å². The summed E-state index contributed by atoms with van der Waals surface area (Å²) < 4.78 is 21.3. The number of aromatic nitrogens is 1. The Kier molecular flexibility index (Phi) is 8.20. The average molecular weight is 553 g/mol. The molecule has 0 saturated carbocycles. The number of carbonyl (C=O) groups excluding carboxylic acids is 3. The number of aliphatic hydroxyl groups is 1. The molecule has 204 valence electrons. The number of thiazole rings is 1. The van der Waals surface area contributed by atoms with Crippen molar-refractivity contribution in [2.24, 2.45) is 0 Å². The fourth-order valence-corrected chi connectivity index (χ4v) is 5.26. The van der Waals surface area contributed by atoms with Gasteiger partial charge in [-0.05, 0) is 43.2 Å². The van der Waals surface area contributed by atoms with Crippen LogP contribution in [0, 0.1) is 6.92 Å². The summed E-state index contributed by atoms with van der Waals surface area (Å²) >= 11 is 0.919. The topological polar surface area (TPSA) is 124 Å². The number of benzene rings is 2. The van der Waals surface area contributed by atoms with Crippen LogP contribution < -0.4 is 19.1 Å². The molecule has 1 aliphatic heterocycles. The molecule has 39 heavy (non-hydrogen) atoms. The number of ether oxygens (including phenoxy) is 4. The summed E-state index contributed by atoms with van der Waals surface area (Å²) in [6, 6.07) is 10.5. The smallest absolute Gasteiger partial charge is 0.350 e. The number of hydrogen-bond acceptors (Lipinski definition) is 10. The molecule has 3 aromatic rings. The third kappa shape index (κ3) is 5.17. The fourth-order valence-electron chi connectivity index (χ4n) is 4.24. The van der Waals surface area contributed by atoms with Gasteiger partial charge < -0.3 is 24.1 Å². The van der Waals surface area contributed by atoms with Crippen molar-refractivity contribution >= 4 is 39.9 Å². The van der Waals surface area contributed by atoms with E-state index in [0.717, 1.165) is 17.8 Å². The fraction of sp³-hybridized carbons (Fsp3) is 0.286. The summed E-state index contributed by atoms with van der Waals surface area (Å²) in [6.45, 7) is 4.06. The molecule has 1 atom stereocenters. The molecule has 2 aromatic carbocycles. The lowest BCUT2D eigenvalue weighted by Crippen LogP contribution is -2.29. The van der Waals surface area contributed by atoms with Crippen LogP contribution in [0.25, 0.3) is 5.76 Å². The van der Waals surface area contributed by atoms with Crippen molar-refractivity contribution in [3.63, 3.8) is 0 Å². The molecule has 0 bridgehead atoms. The van der Waals surface area contributed by atoms with Crippen LogP contribution in [0.3, 0.4) is 0 Å². The van der Waals surface area contributed by atoms with Gasteiger partial charge in [-0.15, -0.1) is 0 Å². The highest BCUT2D eigenvalue weighted by Crippen LogP contribution is 2.45. The highest BCUT2D eigenvalue weighted by atomic mass is 32.1. The van der Waals surface area contributed by atoms with E-state index in [1.165, 1.54) is 26.2 Å². The Bertz CT molecular complexity index is 1460. The lowest BCUT2D eigenvalue weighted by Gasteiger charge is -2.24. The zero-order valence-electron chi connectivity index (χ0n) is 22.1. The molecule has 1 fully saturated rings. The van der Waals surface area contributed by atoms with Crippen molar-refractivity contribution in [1.29, 1.82) is 0 Å². The van der Waals surface area contributed by atoms with Gasteiger partial charge in [0.25, 0.3) is 5.78 Å². The van der Waals surface area contributed by atoms with Crippen LogP contribution in [0.15, 0.2) is 48.0 Å². The van der Waals surface area contributed by atoms with Gasteiger partial charge in [-0.3, -0.25) is 14.5 Å². The quantitative estimate of drug-likeness (QED) is 0.174. The molecule has 11 heteroatoms. The Morgan fingerprint density at radius 2 is 1.82 bits per heavy atom. The first-order valence-electron chi connectivity index (χ1n) is 12.1. The van der Waals surface area contributed by atoms with Crippen molar-refractivity contribution in [3.05, 3.63) is 69.7 Å². The van der Waals surface area contributed by atoms with Gasteiger partial charge in [0.1, 0.15) is 16.4 Å². The number of methoxy groups -OCH3 is 3. The van der Waals surface area contributed by atoms with Crippen LogP contribution in [0.1, 0.15) is 45.9 Å². The Morgan fingerprint density at radius 3 is 2.49 bits per heavy atom. The molecular formula is C28H28N2O8S. The van der Waals surface area contributed by atoms with Crippen molar-refractivity contribution in [2.75, 3.05) is 32.8 Å². The minimum atomic E-state index is -1.08. The normalized spacial score (nSPS) is 16.3. The number of rotatable bonds is 9. The van der Waals surface area contributed by atoms with Gasteiger partial charge in [-0.2, -0.15) is 0 Å². The van der Waals surface area contributed by atoms with Gasteiger partial charge in [0.05, 0.1) is 45.2 Å². The Hall–Kier alpha value is -4.38. The van der Waals surface area contributed by atoms with Gasteiger partial charge >= 0.3 is 11.9 Å². The van der Waals surface area contributed by atoms with Gasteiger partial charge in [-0.1, -0.05) is 36.5 Å². The average Bonchev–Trinajstić information content (AvgIpc) is 3.46. The summed E-state index contributed by atoms with van der Waals surface area (Å²) in [5.41, 5.74) is 0.958. The number of aryl methyl sites for hydroxylation is 1. The van der Waals surface area contributed by atoms with Crippen molar-refractivity contribution in [2.45, 2.75) is 26.3 Å². The third-order valence-corrected chi connectivity index (χ3v) is 7.25. The largest absolute Gasteiger partial charge is 0.507 e. The summed E-state index contributed by atoms with van der Waals surface area (Å²) in [6.07, 6.45) is 0.793. The number of amides is 1. The third-order valence-electron chi connectivity index (χ3n) is 6.11. The first-order chi connectivity index (χ1) is 18.7. The van der Waals surface area contributed by atoms with Crippen LogP contribution in [0.4, 0.5) is 5.13 Å². The first kappa shape index (κ1) is 27.6. The zero-order valence-corrected chi connectivity index (χ0v) is 23.0. The first-order valence-corrected chi connectivity index (χ1v) is 12.9. The lowest BCUT2D eigenvalue weighted by molar-refractivity contribution is -0.132. The predicted molar refractivity (Wildman–Crippen MR) is 145 cm³/mol. The molecule has 0 spiro atoms. The molecule has 4 rings (SSSR count). The van der Waals surface area contributed by atoms with E-state index in [9.17, 15) is 19.5 Å². The minimum Gasteiger partial charge on any atom is -0.507 e. The predicted octanol–water partition coefficient (Wildman–Crippen LogP) is 4.67. The highest BCUT2D eigenvalue weighted by molar-refractivity contribution is 7.17. The standard InChI is InChI=1S/C28H28N2O8S/c1-6-12-38-18-9-7-8-17(13-18)23(31)21-22(16-10-11-19(35-3)20(14-16)36-4)30(26(33)24(21)32)28-29-15(2)25(39-28)27(34)37-5/h7-11,13-14,22,31H,6,12H2,1-5H3/b23-21+. The van der Waals surface area contributed by atoms with Crippen LogP contribution in [-0.4, -0.2) is 55.7 Å². The molecule has 1 aliphatic rings. The van der Waals surface area contributed by atoms with E-state index >= 15 is 0 Å². The number of esters is 1. The molecule has 0 radical (unpaired) electrons. The SMILES string of the molecule is CCCOc1cccc(/C(O)=C2\C(=O)C(=O)N(c3nc(C)c(C(=O)OC)s3)C2c2ccc(OC)c(OC)c2)c1. The molecule has 1 aromatic heterocycles. The van der Waals surface area contributed by atoms with Crippen LogP contribution in [-0.2, 0) is 14.3 Å². The lowest BCUT2D eigenvalue weighted by atomic mass is 9.95. The number of Topliss-reactive ketones (excluding diaryl/α,β-unsaturated/α-hetero) is 1. The number of hydrogen-bond donors (Lipinski definition) is 1. The summed E-state index contributed by atoms with van der Waals surface area (Å²) in [5.74, 6) is -1.48. The van der Waals surface area contributed by atoms with E-state index in [1.807, 2.05) is 6.92 Å². The van der Waals surface area contributed by atoms with E-state index < -0.39 is 23.7 Å². The van der Waals surface area contributed by atoms with Gasteiger partial charge in [-0.25, -0.2) is 9.78 Å². The molecule has 1 unspecified atom stereocenters. The summed E-state index contributed by atoms with van der Waals surface area (Å²) in [5, 5.41) is 11.6. The Labute approximate surface area is 229 Å². The zero-order chi connectivity index (χ0) is 28.3. The molecule has 2 heterocycles. The Morgan fingerprint density at radius 1 is 1.08 bits per heavy atom. The van der Waals surface area contributed by atoms with E-state index in [4.69, 9.17) is 18.9 Å². The number of anilines is 1. The van der Waals surface area contributed by atoms with E-state index in [1.54, 1.807) is 49.4 Å². The highest BCUT2D eigenvalue weighted by Gasteiger charge is 2.48. The molecule has 10 nitrogen and oxygen atoms in total. The van der Waals surface area contributed by atoms with Gasteiger partial charge in [0, 0.05) is 5.56 Å².